The Bertz CT molecular complexity index is 229. The standard InChI is InChI=1S/C9H17ClN2O2/c1-6(5-10)8(14)12-9(2,3)4-7(11)13/h6H,4-5H2,1-3H3,(H2,11,13)(H,12,14). The van der Waals surface area contributed by atoms with Crippen LogP contribution in [0.4, 0.5) is 0 Å². The summed E-state index contributed by atoms with van der Waals surface area (Å²) in [5.41, 5.74) is 4.44. The molecule has 1 unspecified atom stereocenters. The summed E-state index contributed by atoms with van der Waals surface area (Å²) in [7, 11) is 0. The molecule has 4 nitrogen and oxygen atoms in total. The number of nitrogens with one attached hydrogen (secondary N) is 1. The average molecular weight is 221 g/mol. The first-order valence-electron chi connectivity index (χ1n) is 4.45. The van der Waals surface area contributed by atoms with Gasteiger partial charge >= 0.3 is 0 Å². The molecule has 0 bridgehead atoms. The van der Waals surface area contributed by atoms with Crippen molar-refractivity contribution in [1.29, 1.82) is 0 Å². The maximum Gasteiger partial charge on any atom is 0.224 e. The van der Waals surface area contributed by atoms with Crippen LogP contribution in [0.3, 0.4) is 0 Å². The monoisotopic (exact) mass is 220 g/mol. The van der Waals surface area contributed by atoms with Gasteiger partial charge in [0.15, 0.2) is 0 Å². The number of carbonyl (C=O) groups is 2. The van der Waals surface area contributed by atoms with E-state index in [0.717, 1.165) is 0 Å². The van der Waals surface area contributed by atoms with E-state index in [4.69, 9.17) is 17.3 Å². The van der Waals surface area contributed by atoms with Gasteiger partial charge in [0.05, 0.1) is 0 Å². The number of hydrogen-bond acceptors (Lipinski definition) is 2. The zero-order valence-electron chi connectivity index (χ0n) is 8.76. The van der Waals surface area contributed by atoms with Gasteiger partial charge in [-0.2, -0.15) is 0 Å². The molecule has 0 heterocycles. The molecular weight excluding hydrogens is 204 g/mol. The van der Waals surface area contributed by atoms with E-state index in [1.54, 1.807) is 20.8 Å². The zero-order chi connectivity index (χ0) is 11.4. The van der Waals surface area contributed by atoms with Crippen molar-refractivity contribution in [3.63, 3.8) is 0 Å². The maximum atomic E-state index is 11.4. The summed E-state index contributed by atoms with van der Waals surface area (Å²) in [6.45, 7) is 5.22. The minimum atomic E-state index is -0.608. The third-order valence-corrected chi connectivity index (χ3v) is 2.22. The van der Waals surface area contributed by atoms with Crippen LogP contribution in [0.2, 0.25) is 0 Å². The first-order chi connectivity index (χ1) is 6.28. The molecule has 0 aliphatic rings. The number of halogens is 1. The number of alkyl halides is 1. The predicted molar refractivity (Wildman–Crippen MR) is 55.9 cm³/mol. The van der Waals surface area contributed by atoms with Crippen molar-refractivity contribution in [3.8, 4) is 0 Å². The molecule has 0 aromatic rings. The molecule has 0 saturated carbocycles. The number of rotatable bonds is 5. The summed E-state index contributed by atoms with van der Waals surface area (Å²) < 4.78 is 0. The maximum absolute atomic E-state index is 11.4. The van der Waals surface area contributed by atoms with Crippen molar-refractivity contribution >= 4 is 23.4 Å². The fourth-order valence-corrected chi connectivity index (χ4v) is 1.15. The smallest absolute Gasteiger partial charge is 0.224 e. The predicted octanol–water partition coefficient (Wildman–Crippen LogP) is 0.632. The molecule has 0 rings (SSSR count). The summed E-state index contributed by atoms with van der Waals surface area (Å²) in [6.07, 6.45) is 0.119. The summed E-state index contributed by atoms with van der Waals surface area (Å²) in [6, 6.07) is 0. The lowest BCUT2D eigenvalue weighted by Gasteiger charge is -2.26. The Morgan fingerprint density at radius 2 is 2.00 bits per heavy atom. The molecular formula is C9H17ClN2O2. The van der Waals surface area contributed by atoms with Crippen molar-refractivity contribution in [1.82, 2.24) is 5.32 Å². The average Bonchev–Trinajstić information content (AvgIpc) is 1.99. The van der Waals surface area contributed by atoms with E-state index in [9.17, 15) is 9.59 Å². The SMILES string of the molecule is CC(CCl)C(=O)NC(C)(C)CC(N)=O. The third-order valence-electron chi connectivity index (χ3n) is 1.76. The van der Waals surface area contributed by atoms with Crippen LogP contribution < -0.4 is 11.1 Å². The van der Waals surface area contributed by atoms with E-state index in [1.165, 1.54) is 0 Å². The highest BCUT2D eigenvalue weighted by atomic mass is 35.5. The summed E-state index contributed by atoms with van der Waals surface area (Å²) >= 11 is 5.53. The van der Waals surface area contributed by atoms with Gasteiger partial charge in [0.1, 0.15) is 0 Å². The second-order valence-corrected chi connectivity index (χ2v) is 4.38. The molecule has 0 aromatic heterocycles. The largest absolute Gasteiger partial charge is 0.370 e. The van der Waals surface area contributed by atoms with Crippen molar-refractivity contribution in [2.45, 2.75) is 32.7 Å². The van der Waals surface area contributed by atoms with Gasteiger partial charge in [-0.15, -0.1) is 11.6 Å². The molecule has 0 radical (unpaired) electrons. The van der Waals surface area contributed by atoms with Crippen LogP contribution in [0.5, 0.6) is 0 Å². The lowest BCUT2D eigenvalue weighted by atomic mass is 9.99. The lowest BCUT2D eigenvalue weighted by Crippen LogP contribution is -2.48. The highest BCUT2D eigenvalue weighted by Gasteiger charge is 2.24. The molecule has 3 N–H and O–H groups in total. The Morgan fingerprint density at radius 3 is 2.36 bits per heavy atom. The Hall–Kier alpha value is -0.770. The molecule has 0 spiro atoms. The molecule has 0 aliphatic carbocycles. The van der Waals surface area contributed by atoms with E-state index < -0.39 is 11.4 Å². The molecule has 2 amide bonds. The van der Waals surface area contributed by atoms with Crippen LogP contribution >= 0.6 is 11.6 Å². The van der Waals surface area contributed by atoms with Gasteiger partial charge in [0.2, 0.25) is 11.8 Å². The Labute approximate surface area is 89.2 Å². The molecule has 5 heteroatoms. The number of primary amides is 1. The van der Waals surface area contributed by atoms with Crippen molar-refractivity contribution in [3.05, 3.63) is 0 Å². The number of amides is 2. The molecule has 1 atom stereocenters. The quantitative estimate of drug-likeness (QED) is 0.668. The van der Waals surface area contributed by atoms with Crippen LogP contribution in [0.25, 0.3) is 0 Å². The van der Waals surface area contributed by atoms with Crippen LogP contribution in [0, 0.1) is 5.92 Å². The van der Waals surface area contributed by atoms with E-state index >= 15 is 0 Å². The Morgan fingerprint density at radius 1 is 1.50 bits per heavy atom. The summed E-state index contributed by atoms with van der Waals surface area (Å²) in [4.78, 5) is 22.1. The van der Waals surface area contributed by atoms with Crippen molar-refractivity contribution in [2.75, 3.05) is 5.88 Å². The Balaban J connectivity index is 4.21. The minimum Gasteiger partial charge on any atom is -0.370 e. The van der Waals surface area contributed by atoms with E-state index in [1.807, 2.05) is 0 Å². The second kappa shape index (κ2) is 5.20. The third kappa shape index (κ3) is 5.07. The fourth-order valence-electron chi connectivity index (χ4n) is 1.01. The van der Waals surface area contributed by atoms with Crippen LogP contribution in [0.15, 0.2) is 0 Å². The number of carbonyl (C=O) groups excluding carboxylic acids is 2. The van der Waals surface area contributed by atoms with Gasteiger partial charge in [-0.3, -0.25) is 9.59 Å². The van der Waals surface area contributed by atoms with Gasteiger partial charge < -0.3 is 11.1 Å². The molecule has 0 fully saturated rings. The second-order valence-electron chi connectivity index (χ2n) is 4.07. The van der Waals surface area contributed by atoms with Crippen molar-refractivity contribution in [2.24, 2.45) is 11.7 Å². The fraction of sp³-hybridized carbons (Fsp3) is 0.778. The van der Waals surface area contributed by atoms with Gasteiger partial charge in [-0.05, 0) is 13.8 Å². The van der Waals surface area contributed by atoms with Crippen molar-refractivity contribution < 1.29 is 9.59 Å². The minimum absolute atomic E-state index is 0.119. The van der Waals surface area contributed by atoms with Gasteiger partial charge in [0.25, 0.3) is 0 Å². The normalized spacial score (nSPS) is 13.4. The zero-order valence-corrected chi connectivity index (χ0v) is 9.52. The first-order valence-corrected chi connectivity index (χ1v) is 4.98. The lowest BCUT2D eigenvalue weighted by molar-refractivity contribution is -0.126. The van der Waals surface area contributed by atoms with Gasteiger partial charge in [-0.25, -0.2) is 0 Å². The summed E-state index contributed by atoms with van der Waals surface area (Å²) in [5.74, 6) is -0.595. The summed E-state index contributed by atoms with van der Waals surface area (Å²) in [5, 5.41) is 2.71. The van der Waals surface area contributed by atoms with Crippen LogP contribution in [-0.2, 0) is 9.59 Å². The van der Waals surface area contributed by atoms with E-state index in [2.05, 4.69) is 5.32 Å². The molecule has 0 aromatic carbocycles. The number of nitrogens with two attached hydrogens (primary N) is 1. The van der Waals surface area contributed by atoms with Crippen LogP contribution in [0.1, 0.15) is 27.2 Å². The highest BCUT2D eigenvalue weighted by Crippen LogP contribution is 2.09. The first kappa shape index (κ1) is 13.2. The topological polar surface area (TPSA) is 72.2 Å². The molecule has 0 aliphatic heterocycles. The molecule has 0 saturated heterocycles. The van der Waals surface area contributed by atoms with E-state index in [0.29, 0.717) is 0 Å². The Kier molecular flexibility index (Phi) is 4.91. The van der Waals surface area contributed by atoms with Crippen LogP contribution in [-0.4, -0.2) is 23.2 Å². The van der Waals surface area contributed by atoms with E-state index in [-0.39, 0.29) is 24.1 Å². The molecule has 82 valence electrons. The molecule has 14 heavy (non-hydrogen) atoms. The highest BCUT2D eigenvalue weighted by molar-refractivity contribution is 6.19. The van der Waals surface area contributed by atoms with Gasteiger partial charge in [-0.1, -0.05) is 6.92 Å². The number of hydrogen-bond donors (Lipinski definition) is 2. The van der Waals surface area contributed by atoms with Gasteiger partial charge in [0, 0.05) is 23.8 Å².